The van der Waals surface area contributed by atoms with Crippen molar-refractivity contribution in [1.29, 1.82) is 0 Å². The molecule has 0 aliphatic rings. The standard InChI is InChI=1S/C26H21Cl2N3O6S.Na/c1-3-15-18(27)11-12-21(38(34,35)36)22(15)30-31-23-16-8-5-4-7-14(16)13-17(24(23)32)26(33)29-20-10-6-9-19(28)25(20)37-2;/h4-13,32H,3H2,1-2H3,(H,29,33)(H,34,35,36);/q;+1/p-1. The quantitative estimate of drug-likeness (QED) is 0.189. The van der Waals surface area contributed by atoms with Gasteiger partial charge in [-0.1, -0.05) is 66.2 Å². The Hall–Kier alpha value is -2.70. The van der Waals surface area contributed by atoms with Gasteiger partial charge in [-0.25, -0.2) is 0 Å². The van der Waals surface area contributed by atoms with E-state index < -0.39 is 26.7 Å². The smallest absolute Gasteiger partial charge is 0.870 e. The number of para-hydroxylation sites is 1. The Labute approximate surface area is 256 Å². The molecule has 0 radical (unpaired) electrons. The predicted molar refractivity (Wildman–Crippen MR) is 144 cm³/mol. The molecule has 39 heavy (non-hydrogen) atoms. The molecule has 4 rings (SSSR count). The summed E-state index contributed by atoms with van der Waals surface area (Å²) in [5.74, 6) is -1.27. The van der Waals surface area contributed by atoms with Gasteiger partial charge in [-0.3, -0.25) is 9.35 Å². The molecular weight excluding hydrogens is 576 g/mol. The van der Waals surface area contributed by atoms with Crippen molar-refractivity contribution in [3.05, 3.63) is 81.8 Å². The molecule has 0 atom stereocenters. The third kappa shape index (κ3) is 6.38. The van der Waals surface area contributed by atoms with Crippen molar-refractivity contribution in [2.24, 2.45) is 10.2 Å². The molecule has 1 amide bonds. The fourth-order valence-electron chi connectivity index (χ4n) is 3.93. The summed E-state index contributed by atoms with van der Waals surface area (Å²) < 4.78 is 39.0. The van der Waals surface area contributed by atoms with Gasteiger partial charge in [-0.15, -0.1) is 5.11 Å². The number of fused-ring (bicyclic) bond motifs is 1. The third-order valence-electron chi connectivity index (χ3n) is 5.71. The molecule has 0 heterocycles. The van der Waals surface area contributed by atoms with Crippen LogP contribution in [0, 0.1) is 0 Å². The molecule has 9 nitrogen and oxygen atoms in total. The topological polar surface area (TPSA) is 140 Å². The summed E-state index contributed by atoms with van der Waals surface area (Å²) in [5, 5.41) is 25.6. The van der Waals surface area contributed by atoms with Crippen LogP contribution in [0.1, 0.15) is 22.8 Å². The summed E-state index contributed by atoms with van der Waals surface area (Å²) in [7, 11) is -3.29. The molecule has 13 heteroatoms. The molecule has 0 saturated heterocycles. The van der Waals surface area contributed by atoms with E-state index in [1.807, 2.05) is 0 Å². The van der Waals surface area contributed by atoms with Crippen LogP contribution in [-0.2, 0) is 16.5 Å². The van der Waals surface area contributed by atoms with Gasteiger partial charge in [0.15, 0.2) is 5.75 Å². The number of rotatable bonds is 7. The first kappa shape index (κ1) is 30.8. The minimum absolute atomic E-state index is 0. The second kappa shape index (κ2) is 12.6. The number of nitrogens with one attached hydrogen (secondary N) is 1. The summed E-state index contributed by atoms with van der Waals surface area (Å²) in [4.78, 5) is 12.7. The normalized spacial score (nSPS) is 11.4. The zero-order chi connectivity index (χ0) is 27.6. The van der Waals surface area contributed by atoms with Gasteiger partial charge in [0.1, 0.15) is 10.6 Å². The number of hydrogen-bond acceptors (Lipinski definition) is 7. The van der Waals surface area contributed by atoms with E-state index in [2.05, 4.69) is 15.5 Å². The maximum atomic E-state index is 13.5. The number of hydrogen-bond donors (Lipinski definition) is 2. The summed E-state index contributed by atoms with van der Waals surface area (Å²) in [6.07, 6.45) is 0.269. The first-order chi connectivity index (χ1) is 18.1. The Bertz CT molecular complexity index is 1710. The molecule has 196 valence electrons. The predicted octanol–water partition coefficient (Wildman–Crippen LogP) is 3.71. The van der Waals surface area contributed by atoms with Gasteiger partial charge in [-0.05, 0) is 47.7 Å². The van der Waals surface area contributed by atoms with E-state index in [1.165, 1.54) is 19.2 Å². The van der Waals surface area contributed by atoms with Crippen LogP contribution in [0.25, 0.3) is 10.8 Å². The van der Waals surface area contributed by atoms with Crippen LogP contribution in [0.3, 0.4) is 0 Å². The molecule has 4 aromatic rings. The summed E-state index contributed by atoms with van der Waals surface area (Å²) in [6.45, 7) is 1.72. The second-order valence-corrected chi connectivity index (χ2v) is 10.2. The molecule has 0 fully saturated rings. The fraction of sp³-hybridized carbons (Fsp3) is 0.115. The van der Waals surface area contributed by atoms with Crippen molar-refractivity contribution in [3.8, 4) is 11.5 Å². The summed E-state index contributed by atoms with van der Waals surface area (Å²) in [6, 6.07) is 15.3. The van der Waals surface area contributed by atoms with Gasteiger partial charge >= 0.3 is 29.6 Å². The van der Waals surface area contributed by atoms with Crippen molar-refractivity contribution in [1.82, 2.24) is 0 Å². The first-order valence-electron chi connectivity index (χ1n) is 11.1. The first-order valence-corrected chi connectivity index (χ1v) is 13.3. The van der Waals surface area contributed by atoms with E-state index in [0.29, 0.717) is 16.3 Å². The van der Waals surface area contributed by atoms with Gasteiger partial charge in [0.2, 0.25) is 0 Å². The van der Waals surface area contributed by atoms with Crippen molar-refractivity contribution >= 4 is 67.1 Å². The number of benzene rings is 4. The zero-order valence-corrected chi connectivity index (χ0v) is 25.4. The minimum atomic E-state index is -4.68. The number of carbonyl (C=O) groups is 1. The van der Waals surface area contributed by atoms with Crippen LogP contribution in [0.15, 0.2) is 75.8 Å². The van der Waals surface area contributed by atoms with Gasteiger partial charge in [0.05, 0.1) is 23.5 Å². The van der Waals surface area contributed by atoms with E-state index in [1.54, 1.807) is 49.4 Å². The largest absolute Gasteiger partial charge is 1.00 e. The molecule has 2 N–H and O–H groups in total. The van der Waals surface area contributed by atoms with E-state index in [4.69, 9.17) is 27.9 Å². The van der Waals surface area contributed by atoms with Crippen molar-refractivity contribution < 1.29 is 57.2 Å². The minimum Gasteiger partial charge on any atom is -0.870 e. The van der Waals surface area contributed by atoms with Crippen LogP contribution in [0.2, 0.25) is 10.0 Å². The molecular formula is C26H20Cl2N3NaO6S. The monoisotopic (exact) mass is 595 g/mol. The average molecular weight is 596 g/mol. The Morgan fingerprint density at radius 1 is 1.03 bits per heavy atom. The van der Waals surface area contributed by atoms with Gasteiger partial charge in [-0.2, -0.15) is 13.5 Å². The zero-order valence-electron chi connectivity index (χ0n) is 21.0. The van der Waals surface area contributed by atoms with Crippen molar-refractivity contribution in [2.45, 2.75) is 18.2 Å². The molecule has 0 bridgehead atoms. The molecule has 0 saturated carbocycles. The van der Waals surface area contributed by atoms with Crippen molar-refractivity contribution in [3.63, 3.8) is 0 Å². The average Bonchev–Trinajstić information content (AvgIpc) is 2.87. The van der Waals surface area contributed by atoms with Crippen LogP contribution >= 0.6 is 23.2 Å². The number of methoxy groups -OCH3 is 1. The van der Waals surface area contributed by atoms with Crippen LogP contribution in [-0.4, -0.2) is 26.0 Å². The molecule has 4 aromatic carbocycles. The number of carbonyl (C=O) groups excluding carboxylic acids is 1. The Balaban J connectivity index is 0.00000420. The molecule has 0 aromatic heterocycles. The van der Waals surface area contributed by atoms with E-state index in [0.717, 1.165) is 6.07 Å². The number of anilines is 1. The van der Waals surface area contributed by atoms with E-state index in [9.17, 15) is 22.9 Å². The Kier molecular flexibility index (Phi) is 10.0. The Morgan fingerprint density at radius 3 is 2.38 bits per heavy atom. The van der Waals surface area contributed by atoms with Crippen molar-refractivity contribution in [2.75, 3.05) is 12.4 Å². The van der Waals surface area contributed by atoms with E-state index >= 15 is 0 Å². The van der Waals surface area contributed by atoms with Gasteiger partial charge in [0.25, 0.3) is 16.0 Å². The molecule has 0 spiro atoms. The summed E-state index contributed by atoms with van der Waals surface area (Å²) in [5.41, 5.74) is -0.0788. The fourth-order valence-corrected chi connectivity index (χ4v) is 5.11. The summed E-state index contributed by atoms with van der Waals surface area (Å²) >= 11 is 12.4. The number of amides is 1. The maximum absolute atomic E-state index is 13.5. The third-order valence-corrected chi connectivity index (χ3v) is 7.25. The van der Waals surface area contributed by atoms with Crippen LogP contribution in [0.4, 0.5) is 17.1 Å². The number of ether oxygens (including phenoxy) is 1. The Morgan fingerprint density at radius 2 is 1.72 bits per heavy atom. The molecule has 0 aliphatic heterocycles. The van der Waals surface area contributed by atoms with Crippen LogP contribution < -0.4 is 44.7 Å². The maximum Gasteiger partial charge on any atom is 1.00 e. The number of halogens is 2. The second-order valence-electron chi connectivity index (χ2n) is 8.00. The van der Waals surface area contributed by atoms with E-state index in [-0.39, 0.29) is 74.4 Å². The van der Waals surface area contributed by atoms with Gasteiger partial charge in [0, 0.05) is 16.0 Å². The van der Waals surface area contributed by atoms with Gasteiger partial charge < -0.3 is 15.2 Å². The number of nitrogens with zero attached hydrogens (tertiary/aromatic N) is 2. The number of azo groups is 1. The molecule has 0 unspecified atom stereocenters. The molecule has 0 aliphatic carbocycles. The van der Waals surface area contributed by atoms with Crippen LogP contribution in [0.5, 0.6) is 11.5 Å². The SMILES string of the molecule is CCc1c(Cl)ccc(S(=O)(=O)O)c1N=Nc1c([O-])c(C(=O)Nc2cccc(Cl)c2OC)cc2ccccc12.[Na+].